The van der Waals surface area contributed by atoms with Crippen LogP contribution >= 0.6 is 0 Å². The van der Waals surface area contributed by atoms with E-state index in [2.05, 4.69) is 0 Å². The summed E-state index contributed by atoms with van der Waals surface area (Å²) in [6.07, 6.45) is 3.51. The average Bonchev–Trinajstić information content (AvgIpc) is 2.26. The Kier molecular flexibility index (Phi) is 4.41. The van der Waals surface area contributed by atoms with Gasteiger partial charge in [-0.3, -0.25) is 9.59 Å². The number of esters is 1. The molecule has 0 spiro atoms. The Balaban J connectivity index is 2.93. The Hall–Kier alpha value is -1.06. The average molecular weight is 256 g/mol. The lowest BCUT2D eigenvalue weighted by Gasteiger charge is -2.37. The molecule has 0 radical (unpaired) electrons. The quantitative estimate of drug-likeness (QED) is 0.622. The van der Waals surface area contributed by atoms with Gasteiger partial charge in [-0.05, 0) is 39.5 Å². The van der Waals surface area contributed by atoms with E-state index in [0.717, 1.165) is 19.3 Å². The van der Waals surface area contributed by atoms with Gasteiger partial charge in [-0.25, -0.2) is 0 Å². The maximum atomic E-state index is 12.2. The van der Waals surface area contributed by atoms with Gasteiger partial charge in [-0.15, -0.1) is 0 Å². The molecule has 2 atom stereocenters. The summed E-state index contributed by atoms with van der Waals surface area (Å²) in [4.78, 5) is 23.8. The zero-order valence-corrected chi connectivity index (χ0v) is 11.8. The Morgan fingerprint density at radius 2 is 2.00 bits per heavy atom. The lowest BCUT2D eigenvalue weighted by molar-refractivity contribution is -0.180. The summed E-state index contributed by atoms with van der Waals surface area (Å²) < 4.78 is 5.31. The minimum atomic E-state index is -1.33. The normalized spacial score (nSPS) is 28.8. The minimum absolute atomic E-state index is 0.308. The molecule has 1 fully saturated rings. The molecule has 1 saturated carbocycles. The SMILES string of the molecule is CCC1CCCC(C(=O)O)(C(=O)OC(C)(C)C)C1. The molecule has 4 heteroatoms. The van der Waals surface area contributed by atoms with Crippen molar-refractivity contribution in [2.75, 3.05) is 0 Å². The Bertz CT molecular complexity index is 329. The number of hydrogen-bond acceptors (Lipinski definition) is 3. The molecular weight excluding hydrogens is 232 g/mol. The summed E-state index contributed by atoms with van der Waals surface area (Å²) in [5.41, 5.74) is -1.97. The molecule has 1 rings (SSSR count). The van der Waals surface area contributed by atoms with Crippen LogP contribution in [0.5, 0.6) is 0 Å². The number of aliphatic carboxylic acids is 1. The first kappa shape index (κ1) is 15.0. The third-order valence-corrected chi connectivity index (χ3v) is 3.63. The predicted molar refractivity (Wildman–Crippen MR) is 68.2 cm³/mol. The first-order valence-electron chi connectivity index (χ1n) is 6.68. The Morgan fingerprint density at radius 1 is 1.39 bits per heavy atom. The fraction of sp³-hybridized carbons (Fsp3) is 0.857. The lowest BCUT2D eigenvalue weighted by atomic mass is 9.69. The summed E-state index contributed by atoms with van der Waals surface area (Å²) in [7, 11) is 0. The number of carboxylic acids is 1. The smallest absolute Gasteiger partial charge is 0.324 e. The van der Waals surface area contributed by atoms with Gasteiger partial charge in [-0.2, -0.15) is 0 Å². The van der Waals surface area contributed by atoms with E-state index in [4.69, 9.17) is 4.74 Å². The van der Waals surface area contributed by atoms with Gasteiger partial charge < -0.3 is 9.84 Å². The predicted octanol–water partition coefficient (Wildman–Crippen LogP) is 3.00. The van der Waals surface area contributed by atoms with Crippen LogP contribution in [0, 0.1) is 11.3 Å². The molecule has 0 aromatic carbocycles. The molecule has 1 N–H and O–H groups in total. The van der Waals surface area contributed by atoms with Crippen LogP contribution in [0.25, 0.3) is 0 Å². The van der Waals surface area contributed by atoms with Gasteiger partial charge in [0, 0.05) is 0 Å². The van der Waals surface area contributed by atoms with Crippen molar-refractivity contribution in [1.29, 1.82) is 0 Å². The molecule has 0 aromatic heterocycles. The van der Waals surface area contributed by atoms with Gasteiger partial charge in [0.15, 0.2) is 5.41 Å². The van der Waals surface area contributed by atoms with E-state index in [0.29, 0.717) is 18.8 Å². The van der Waals surface area contributed by atoms with E-state index in [1.165, 1.54) is 0 Å². The number of ether oxygens (including phenoxy) is 1. The monoisotopic (exact) mass is 256 g/mol. The van der Waals surface area contributed by atoms with Crippen molar-refractivity contribution in [3.05, 3.63) is 0 Å². The van der Waals surface area contributed by atoms with E-state index in [-0.39, 0.29) is 0 Å². The number of rotatable bonds is 3. The number of carbonyl (C=O) groups is 2. The van der Waals surface area contributed by atoms with Gasteiger partial charge in [0.1, 0.15) is 5.60 Å². The third-order valence-electron chi connectivity index (χ3n) is 3.63. The number of carboxylic acid groups (broad SMARTS) is 1. The molecule has 1 aliphatic carbocycles. The topological polar surface area (TPSA) is 63.6 Å². The maximum Gasteiger partial charge on any atom is 0.324 e. The van der Waals surface area contributed by atoms with Crippen molar-refractivity contribution < 1.29 is 19.4 Å². The molecule has 104 valence electrons. The largest absolute Gasteiger partial charge is 0.480 e. The van der Waals surface area contributed by atoms with Crippen molar-refractivity contribution in [3.63, 3.8) is 0 Å². The van der Waals surface area contributed by atoms with Crippen molar-refractivity contribution in [2.24, 2.45) is 11.3 Å². The first-order valence-corrected chi connectivity index (χ1v) is 6.68. The van der Waals surface area contributed by atoms with Crippen LogP contribution in [0.1, 0.15) is 59.8 Å². The molecule has 4 nitrogen and oxygen atoms in total. The van der Waals surface area contributed by atoms with Crippen LogP contribution in [0.3, 0.4) is 0 Å². The van der Waals surface area contributed by atoms with E-state index >= 15 is 0 Å². The molecule has 1 aliphatic rings. The number of carbonyl (C=O) groups excluding carboxylic acids is 1. The molecule has 0 bridgehead atoms. The van der Waals surface area contributed by atoms with E-state index in [9.17, 15) is 14.7 Å². The molecule has 0 aromatic rings. The van der Waals surface area contributed by atoms with Crippen molar-refractivity contribution in [1.82, 2.24) is 0 Å². The van der Waals surface area contributed by atoms with Gasteiger partial charge in [0.05, 0.1) is 0 Å². The number of hydrogen-bond donors (Lipinski definition) is 1. The van der Waals surface area contributed by atoms with Crippen LogP contribution in [0.4, 0.5) is 0 Å². The Labute approximate surface area is 109 Å². The molecule has 0 saturated heterocycles. The van der Waals surface area contributed by atoms with Crippen LogP contribution in [-0.2, 0) is 14.3 Å². The molecule has 0 aliphatic heterocycles. The highest BCUT2D eigenvalue weighted by Gasteiger charge is 2.51. The fourth-order valence-electron chi connectivity index (χ4n) is 2.58. The molecule has 0 amide bonds. The first-order chi connectivity index (χ1) is 8.21. The lowest BCUT2D eigenvalue weighted by Crippen LogP contribution is -2.46. The van der Waals surface area contributed by atoms with E-state index in [1.807, 2.05) is 6.92 Å². The standard InChI is InChI=1S/C14H24O4/c1-5-10-7-6-8-14(9-10,11(15)16)12(17)18-13(2,3)4/h10H,5-9H2,1-4H3,(H,15,16). The van der Waals surface area contributed by atoms with E-state index < -0.39 is 23.0 Å². The second-order valence-corrected chi connectivity index (χ2v) is 6.26. The van der Waals surface area contributed by atoms with Crippen LogP contribution in [-0.4, -0.2) is 22.6 Å². The minimum Gasteiger partial charge on any atom is -0.480 e. The Morgan fingerprint density at radius 3 is 2.44 bits per heavy atom. The summed E-state index contributed by atoms with van der Waals surface area (Å²) in [6.45, 7) is 7.33. The highest BCUT2D eigenvalue weighted by atomic mass is 16.6. The molecule has 0 heterocycles. The molecule has 18 heavy (non-hydrogen) atoms. The maximum absolute atomic E-state index is 12.2. The zero-order valence-electron chi connectivity index (χ0n) is 11.8. The zero-order chi connectivity index (χ0) is 14.0. The van der Waals surface area contributed by atoms with Gasteiger partial charge in [0.25, 0.3) is 0 Å². The summed E-state index contributed by atoms with van der Waals surface area (Å²) in [6, 6.07) is 0. The van der Waals surface area contributed by atoms with Crippen LogP contribution in [0.15, 0.2) is 0 Å². The van der Waals surface area contributed by atoms with Crippen molar-refractivity contribution >= 4 is 11.9 Å². The van der Waals surface area contributed by atoms with E-state index in [1.54, 1.807) is 20.8 Å². The van der Waals surface area contributed by atoms with Gasteiger partial charge >= 0.3 is 11.9 Å². The van der Waals surface area contributed by atoms with Crippen LogP contribution < -0.4 is 0 Å². The summed E-state index contributed by atoms with van der Waals surface area (Å²) in [5.74, 6) is -1.29. The summed E-state index contributed by atoms with van der Waals surface area (Å²) >= 11 is 0. The highest BCUT2D eigenvalue weighted by Crippen LogP contribution is 2.42. The van der Waals surface area contributed by atoms with Gasteiger partial charge in [0.2, 0.25) is 0 Å². The summed E-state index contributed by atoms with van der Waals surface area (Å²) in [5, 5.41) is 9.47. The molecule has 2 unspecified atom stereocenters. The van der Waals surface area contributed by atoms with Crippen molar-refractivity contribution in [2.45, 2.75) is 65.4 Å². The van der Waals surface area contributed by atoms with Crippen molar-refractivity contribution in [3.8, 4) is 0 Å². The fourth-order valence-corrected chi connectivity index (χ4v) is 2.58. The second-order valence-electron chi connectivity index (χ2n) is 6.26. The third kappa shape index (κ3) is 3.24. The molecular formula is C14H24O4. The van der Waals surface area contributed by atoms with Gasteiger partial charge in [-0.1, -0.05) is 26.2 Å². The van der Waals surface area contributed by atoms with Crippen LogP contribution in [0.2, 0.25) is 0 Å². The second kappa shape index (κ2) is 5.29. The highest BCUT2D eigenvalue weighted by molar-refractivity contribution is 5.99.